The maximum atomic E-state index is 12.1. The summed E-state index contributed by atoms with van der Waals surface area (Å²) in [5.41, 5.74) is 1.93. The molecule has 0 bridgehead atoms. The van der Waals surface area contributed by atoms with Crippen molar-refractivity contribution in [1.82, 2.24) is 5.32 Å². The van der Waals surface area contributed by atoms with E-state index < -0.39 is 5.41 Å². The smallest absolute Gasteiger partial charge is 0.229 e. The molecule has 0 aromatic heterocycles. The number of carbonyl (C=O) groups is 2. The van der Waals surface area contributed by atoms with Gasteiger partial charge in [-0.05, 0) is 44.6 Å². The molecule has 122 valence electrons. The molecule has 2 amide bonds. The zero-order valence-corrected chi connectivity index (χ0v) is 14.2. The molecule has 0 aliphatic heterocycles. The van der Waals surface area contributed by atoms with Crippen LogP contribution >= 0.6 is 0 Å². The third-order valence-electron chi connectivity index (χ3n) is 3.28. The zero-order valence-electron chi connectivity index (χ0n) is 14.2. The number of carbonyl (C=O) groups excluding carboxylic acids is 2. The van der Waals surface area contributed by atoms with Gasteiger partial charge in [0.05, 0.1) is 0 Å². The van der Waals surface area contributed by atoms with Crippen LogP contribution < -0.4 is 16.0 Å². The van der Waals surface area contributed by atoms with Gasteiger partial charge in [0.25, 0.3) is 0 Å². The molecule has 0 spiro atoms. The van der Waals surface area contributed by atoms with Crippen LogP contribution in [0.2, 0.25) is 0 Å². The van der Waals surface area contributed by atoms with Gasteiger partial charge >= 0.3 is 0 Å². The van der Waals surface area contributed by atoms with Gasteiger partial charge in [-0.2, -0.15) is 0 Å². The van der Waals surface area contributed by atoms with Crippen LogP contribution in [-0.2, 0) is 9.59 Å². The van der Waals surface area contributed by atoms with E-state index in [1.54, 1.807) is 6.07 Å². The van der Waals surface area contributed by atoms with Crippen LogP contribution in [0.15, 0.2) is 18.2 Å². The van der Waals surface area contributed by atoms with Crippen molar-refractivity contribution in [1.29, 1.82) is 0 Å². The minimum absolute atomic E-state index is 0.0211. The molecule has 3 N–H and O–H groups in total. The molecule has 5 heteroatoms. The van der Waals surface area contributed by atoms with Gasteiger partial charge in [0, 0.05) is 23.2 Å². The Labute approximate surface area is 132 Å². The summed E-state index contributed by atoms with van der Waals surface area (Å²) in [5, 5.41) is 8.79. The summed E-state index contributed by atoms with van der Waals surface area (Å²) < 4.78 is 0. The average molecular weight is 305 g/mol. The van der Waals surface area contributed by atoms with Crippen LogP contribution in [0.3, 0.4) is 0 Å². The maximum Gasteiger partial charge on any atom is 0.229 e. The van der Waals surface area contributed by atoms with Crippen molar-refractivity contribution in [3.05, 3.63) is 23.8 Å². The lowest BCUT2D eigenvalue weighted by molar-refractivity contribution is -0.123. The van der Waals surface area contributed by atoms with Crippen LogP contribution in [0, 0.1) is 12.3 Å². The first-order valence-corrected chi connectivity index (χ1v) is 7.60. The van der Waals surface area contributed by atoms with E-state index in [4.69, 9.17) is 0 Å². The fourth-order valence-corrected chi connectivity index (χ4v) is 1.79. The Morgan fingerprint density at radius 3 is 2.41 bits per heavy atom. The summed E-state index contributed by atoms with van der Waals surface area (Å²) in [7, 11) is 1.86. The molecule has 0 aliphatic carbocycles. The molecule has 5 nitrogen and oxygen atoms in total. The van der Waals surface area contributed by atoms with Crippen molar-refractivity contribution < 1.29 is 9.59 Å². The number of benzene rings is 1. The Balaban J connectivity index is 2.73. The van der Waals surface area contributed by atoms with Gasteiger partial charge in [-0.1, -0.05) is 26.8 Å². The number of aryl methyl sites for hydroxylation is 1. The summed E-state index contributed by atoms with van der Waals surface area (Å²) in [4.78, 5) is 23.9. The van der Waals surface area contributed by atoms with E-state index in [1.165, 1.54) is 0 Å². The van der Waals surface area contributed by atoms with Crippen molar-refractivity contribution in [2.75, 3.05) is 24.2 Å². The Bertz CT molecular complexity index is 533. The van der Waals surface area contributed by atoms with Gasteiger partial charge in [-0.3, -0.25) is 9.59 Å². The highest BCUT2D eigenvalue weighted by molar-refractivity contribution is 5.97. The molecule has 1 aromatic rings. The van der Waals surface area contributed by atoms with Crippen LogP contribution in [0.5, 0.6) is 0 Å². The molecule has 22 heavy (non-hydrogen) atoms. The SMILES string of the molecule is CNCCCC(=O)Nc1ccc(C)c(NC(=O)C(C)(C)C)c1. The number of hydrogen-bond acceptors (Lipinski definition) is 3. The van der Waals surface area contributed by atoms with Crippen molar-refractivity contribution in [3.63, 3.8) is 0 Å². The van der Waals surface area contributed by atoms with E-state index in [9.17, 15) is 9.59 Å². The van der Waals surface area contributed by atoms with E-state index in [1.807, 2.05) is 46.9 Å². The highest BCUT2D eigenvalue weighted by Gasteiger charge is 2.21. The molecule has 0 saturated carbocycles. The van der Waals surface area contributed by atoms with E-state index >= 15 is 0 Å². The first kappa shape index (κ1) is 18.2. The second kappa shape index (κ2) is 7.94. The lowest BCUT2D eigenvalue weighted by Crippen LogP contribution is -2.28. The molecule has 0 aliphatic rings. The molecule has 0 unspecified atom stereocenters. The number of rotatable bonds is 6. The Morgan fingerprint density at radius 1 is 1.14 bits per heavy atom. The number of hydrogen-bond donors (Lipinski definition) is 3. The first-order valence-electron chi connectivity index (χ1n) is 7.60. The Morgan fingerprint density at radius 2 is 1.82 bits per heavy atom. The van der Waals surface area contributed by atoms with Crippen molar-refractivity contribution in [3.8, 4) is 0 Å². The summed E-state index contributed by atoms with van der Waals surface area (Å²) in [6, 6.07) is 5.54. The van der Waals surface area contributed by atoms with Crippen LogP contribution in [0.1, 0.15) is 39.2 Å². The standard InChI is InChI=1S/C17H27N3O2/c1-12-8-9-13(19-15(21)7-6-10-18-5)11-14(12)20-16(22)17(2,3)4/h8-9,11,18H,6-7,10H2,1-5H3,(H,19,21)(H,20,22). The molecular formula is C17H27N3O2. The lowest BCUT2D eigenvalue weighted by atomic mass is 9.95. The molecule has 0 saturated heterocycles. The van der Waals surface area contributed by atoms with Crippen molar-refractivity contribution in [2.45, 2.75) is 40.5 Å². The third kappa shape index (κ3) is 5.85. The zero-order chi connectivity index (χ0) is 16.8. The summed E-state index contributed by atoms with van der Waals surface area (Å²) >= 11 is 0. The van der Waals surface area contributed by atoms with Gasteiger partial charge in [0.15, 0.2) is 0 Å². The average Bonchev–Trinajstić information content (AvgIpc) is 2.41. The van der Waals surface area contributed by atoms with Gasteiger partial charge in [-0.15, -0.1) is 0 Å². The number of amides is 2. The van der Waals surface area contributed by atoms with E-state index in [0.29, 0.717) is 12.1 Å². The van der Waals surface area contributed by atoms with E-state index in [0.717, 1.165) is 24.2 Å². The summed E-state index contributed by atoms with van der Waals surface area (Å²) in [5.74, 6) is -0.0692. The molecule has 0 radical (unpaired) electrons. The van der Waals surface area contributed by atoms with Crippen LogP contribution in [0.4, 0.5) is 11.4 Å². The van der Waals surface area contributed by atoms with Gasteiger partial charge < -0.3 is 16.0 Å². The minimum Gasteiger partial charge on any atom is -0.326 e. The van der Waals surface area contributed by atoms with E-state index in [2.05, 4.69) is 16.0 Å². The van der Waals surface area contributed by atoms with E-state index in [-0.39, 0.29) is 11.8 Å². The predicted molar refractivity (Wildman–Crippen MR) is 91.1 cm³/mol. The highest BCUT2D eigenvalue weighted by Crippen LogP contribution is 2.23. The molecule has 0 heterocycles. The predicted octanol–water partition coefficient (Wildman–Crippen LogP) is 2.92. The molecule has 1 aromatic carbocycles. The van der Waals surface area contributed by atoms with Gasteiger partial charge in [0.1, 0.15) is 0 Å². The summed E-state index contributed by atoms with van der Waals surface area (Å²) in [6.45, 7) is 8.34. The normalized spacial score (nSPS) is 11.1. The van der Waals surface area contributed by atoms with Gasteiger partial charge in [0.2, 0.25) is 11.8 Å². The Kier molecular flexibility index (Phi) is 6.56. The molecular weight excluding hydrogens is 278 g/mol. The van der Waals surface area contributed by atoms with Crippen LogP contribution in [-0.4, -0.2) is 25.4 Å². The number of nitrogens with one attached hydrogen (secondary N) is 3. The molecule has 0 atom stereocenters. The monoisotopic (exact) mass is 305 g/mol. The second-order valence-corrected chi connectivity index (χ2v) is 6.49. The molecule has 0 fully saturated rings. The lowest BCUT2D eigenvalue weighted by Gasteiger charge is -2.19. The second-order valence-electron chi connectivity index (χ2n) is 6.49. The topological polar surface area (TPSA) is 70.2 Å². The van der Waals surface area contributed by atoms with Gasteiger partial charge in [-0.25, -0.2) is 0 Å². The summed E-state index contributed by atoms with van der Waals surface area (Å²) in [6.07, 6.45) is 1.26. The largest absolute Gasteiger partial charge is 0.326 e. The first-order chi connectivity index (χ1) is 10.2. The number of anilines is 2. The maximum absolute atomic E-state index is 12.1. The minimum atomic E-state index is -0.459. The third-order valence-corrected chi connectivity index (χ3v) is 3.28. The Hall–Kier alpha value is -1.88. The highest BCUT2D eigenvalue weighted by atomic mass is 16.2. The molecule has 1 rings (SSSR count). The quantitative estimate of drug-likeness (QED) is 0.708. The fourth-order valence-electron chi connectivity index (χ4n) is 1.79. The van der Waals surface area contributed by atoms with Crippen molar-refractivity contribution >= 4 is 23.2 Å². The van der Waals surface area contributed by atoms with Crippen LogP contribution in [0.25, 0.3) is 0 Å². The van der Waals surface area contributed by atoms with Crippen molar-refractivity contribution in [2.24, 2.45) is 5.41 Å². The fraction of sp³-hybridized carbons (Fsp3) is 0.529.